The van der Waals surface area contributed by atoms with E-state index < -0.39 is 22.0 Å². The molecule has 1 aliphatic rings. The lowest BCUT2D eigenvalue weighted by atomic mass is 10.1. The molecule has 9 heteroatoms. The maximum Gasteiger partial charge on any atom is 0.267 e. The molecule has 0 radical (unpaired) electrons. The molecule has 1 amide bonds. The van der Waals surface area contributed by atoms with Gasteiger partial charge in [0.05, 0.1) is 18.5 Å². The van der Waals surface area contributed by atoms with Crippen LogP contribution in [0.25, 0.3) is 0 Å². The molecule has 2 aromatic carbocycles. The average molecular weight is 409 g/mol. The van der Waals surface area contributed by atoms with Crippen LogP contribution in [0.2, 0.25) is 5.02 Å². The number of benzene rings is 2. The Bertz CT molecular complexity index is 1020. The topological polar surface area (TPSA) is 92.8 Å². The summed E-state index contributed by atoms with van der Waals surface area (Å²) in [5, 5.41) is 3.01. The minimum atomic E-state index is -3.64. The predicted molar refractivity (Wildman–Crippen MR) is 103 cm³/mol. The van der Waals surface area contributed by atoms with Gasteiger partial charge in [-0.05, 0) is 37.3 Å². The Morgan fingerprint density at radius 1 is 1.22 bits per heavy atom. The van der Waals surface area contributed by atoms with Crippen LogP contribution in [0.15, 0.2) is 42.5 Å². The maximum absolute atomic E-state index is 12.6. The maximum atomic E-state index is 12.6. The molecule has 1 N–H and O–H groups in total. The van der Waals surface area contributed by atoms with Crippen molar-refractivity contribution in [3.63, 3.8) is 0 Å². The Kier molecular flexibility index (Phi) is 5.12. The molecule has 2 aromatic rings. The molecule has 7 nitrogen and oxygen atoms in total. The summed E-state index contributed by atoms with van der Waals surface area (Å²) in [7, 11) is -3.64. The summed E-state index contributed by atoms with van der Waals surface area (Å²) >= 11 is 5.95. The Hall–Kier alpha value is -2.58. The van der Waals surface area contributed by atoms with Gasteiger partial charge in [-0.15, -0.1) is 0 Å². The number of halogens is 1. The van der Waals surface area contributed by atoms with Crippen molar-refractivity contribution in [3.05, 3.63) is 53.1 Å². The molecule has 0 unspecified atom stereocenters. The normalized spacial score (nSPS) is 16.3. The SMILES string of the molecule is CC(=O)c1cccc(NC(=O)[C@@H]2CN(S(C)(=O)=O)c3cc(Cl)ccc3O2)c1. The molecular weight excluding hydrogens is 392 g/mol. The second-order valence-electron chi connectivity index (χ2n) is 6.14. The van der Waals surface area contributed by atoms with E-state index in [2.05, 4.69) is 5.32 Å². The molecule has 0 bridgehead atoms. The van der Waals surface area contributed by atoms with E-state index in [1.807, 2.05) is 0 Å². The van der Waals surface area contributed by atoms with Gasteiger partial charge in [0.1, 0.15) is 5.75 Å². The first kappa shape index (κ1) is 19.2. The summed E-state index contributed by atoms with van der Waals surface area (Å²) in [4.78, 5) is 24.1. The van der Waals surface area contributed by atoms with E-state index in [-0.39, 0.29) is 23.8 Å². The fourth-order valence-electron chi connectivity index (χ4n) is 2.71. The average Bonchev–Trinajstić information content (AvgIpc) is 2.60. The molecule has 1 aliphatic heterocycles. The van der Waals surface area contributed by atoms with Crippen LogP contribution in [0.3, 0.4) is 0 Å². The van der Waals surface area contributed by atoms with E-state index in [4.69, 9.17) is 16.3 Å². The molecule has 0 aliphatic carbocycles. The van der Waals surface area contributed by atoms with Crippen LogP contribution >= 0.6 is 11.6 Å². The number of fused-ring (bicyclic) bond motifs is 1. The molecule has 1 atom stereocenters. The third kappa shape index (κ3) is 4.23. The van der Waals surface area contributed by atoms with E-state index in [1.165, 1.54) is 19.1 Å². The second kappa shape index (κ2) is 7.21. The fourth-order valence-corrected chi connectivity index (χ4v) is 3.79. The number of Topliss-reactive ketones (excluding diaryl/α,β-unsaturated/α-hetero) is 1. The van der Waals surface area contributed by atoms with Crippen molar-refractivity contribution in [2.75, 3.05) is 22.4 Å². The highest BCUT2D eigenvalue weighted by Gasteiger charge is 2.35. The quantitative estimate of drug-likeness (QED) is 0.785. The summed E-state index contributed by atoms with van der Waals surface area (Å²) in [5.41, 5.74) is 1.16. The van der Waals surface area contributed by atoms with Gasteiger partial charge in [-0.2, -0.15) is 0 Å². The summed E-state index contributed by atoms with van der Waals surface area (Å²) < 4.78 is 31.1. The molecule has 1 heterocycles. The summed E-state index contributed by atoms with van der Waals surface area (Å²) in [6.07, 6.45) is -0.0109. The number of ether oxygens (including phenoxy) is 1. The smallest absolute Gasteiger partial charge is 0.267 e. The van der Waals surface area contributed by atoms with Gasteiger partial charge in [-0.25, -0.2) is 8.42 Å². The van der Waals surface area contributed by atoms with E-state index in [9.17, 15) is 18.0 Å². The molecule has 3 rings (SSSR count). The van der Waals surface area contributed by atoms with Crippen LogP contribution in [-0.4, -0.2) is 39.0 Å². The Morgan fingerprint density at radius 2 is 1.96 bits per heavy atom. The van der Waals surface area contributed by atoms with Crippen LogP contribution in [-0.2, 0) is 14.8 Å². The molecule has 0 spiro atoms. The third-order valence-corrected chi connectivity index (χ3v) is 5.40. The van der Waals surface area contributed by atoms with Crippen molar-refractivity contribution >= 4 is 44.7 Å². The van der Waals surface area contributed by atoms with Gasteiger partial charge in [-0.1, -0.05) is 23.7 Å². The van der Waals surface area contributed by atoms with Gasteiger partial charge in [-0.3, -0.25) is 13.9 Å². The van der Waals surface area contributed by atoms with E-state index >= 15 is 0 Å². The summed E-state index contributed by atoms with van der Waals surface area (Å²) in [6, 6.07) is 11.0. The zero-order chi connectivity index (χ0) is 19.8. The van der Waals surface area contributed by atoms with Crippen molar-refractivity contribution < 1.29 is 22.7 Å². The minimum absolute atomic E-state index is 0.130. The first-order valence-electron chi connectivity index (χ1n) is 8.01. The number of nitrogens with one attached hydrogen (secondary N) is 1. The zero-order valence-electron chi connectivity index (χ0n) is 14.6. The lowest BCUT2D eigenvalue weighted by Crippen LogP contribution is -2.48. The number of nitrogens with zero attached hydrogens (tertiary/aromatic N) is 1. The molecule has 27 heavy (non-hydrogen) atoms. The lowest BCUT2D eigenvalue weighted by molar-refractivity contribution is -0.122. The summed E-state index contributed by atoms with van der Waals surface area (Å²) in [5.74, 6) is -0.410. The third-order valence-electron chi connectivity index (χ3n) is 4.02. The van der Waals surface area contributed by atoms with Gasteiger partial charge in [0, 0.05) is 16.3 Å². The first-order valence-corrected chi connectivity index (χ1v) is 10.2. The van der Waals surface area contributed by atoms with Crippen molar-refractivity contribution in [1.82, 2.24) is 0 Å². The fraction of sp³-hybridized carbons (Fsp3) is 0.222. The Morgan fingerprint density at radius 3 is 2.63 bits per heavy atom. The molecule has 0 saturated heterocycles. The molecular formula is C18H17ClN2O5S. The number of rotatable bonds is 4. The van der Waals surface area contributed by atoms with Crippen LogP contribution in [0.5, 0.6) is 5.75 Å². The number of ketones is 1. The summed E-state index contributed by atoms with van der Waals surface area (Å²) in [6.45, 7) is 1.24. The molecule has 0 fully saturated rings. The van der Waals surface area contributed by atoms with Gasteiger partial charge in [0.25, 0.3) is 5.91 Å². The molecule has 0 aromatic heterocycles. The highest BCUT2D eigenvalue weighted by molar-refractivity contribution is 7.92. The number of carbonyl (C=O) groups is 2. The number of amides is 1. The second-order valence-corrected chi connectivity index (χ2v) is 8.48. The van der Waals surface area contributed by atoms with E-state index in [1.54, 1.807) is 30.3 Å². The van der Waals surface area contributed by atoms with E-state index in [0.29, 0.717) is 16.3 Å². The number of hydrogen-bond donors (Lipinski definition) is 1. The Labute approximate surface area is 161 Å². The highest BCUT2D eigenvalue weighted by atomic mass is 35.5. The van der Waals surface area contributed by atoms with Gasteiger partial charge in [0.15, 0.2) is 11.9 Å². The molecule has 142 valence electrons. The number of anilines is 2. The predicted octanol–water partition coefficient (Wildman–Crippen LogP) is 2.71. The van der Waals surface area contributed by atoms with Crippen LogP contribution < -0.4 is 14.4 Å². The van der Waals surface area contributed by atoms with Crippen molar-refractivity contribution in [2.24, 2.45) is 0 Å². The van der Waals surface area contributed by atoms with Crippen LogP contribution in [0.4, 0.5) is 11.4 Å². The first-order chi connectivity index (χ1) is 12.6. The lowest BCUT2D eigenvalue weighted by Gasteiger charge is -2.34. The monoisotopic (exact) mass is 408 g/mol. The highest BCUT2D eigenvalue weighted by Crippen LogP contribution is 2.37. The molecule has 0 saturated carbocycles. The van der Waals surface area contributed by atoms with E-state index in [0.717, 1.165) is 10.6 Å². The Balaban J connectivity index is 1.87. The van der Waals surface area contributed by atoms with Gasteiger partial charge >= 0.3 is 0 Å². The number of carbonyl (C=O) groups excluding carboxylic acids is 2. The van der Waals surface area contributed by atoms with Crippen LogP contribution in [0.1, 0.15) is 17.3 Å². The van der Waals surface area contributed by atoms with Crippen molar-refractivity contribution in [1.29, 1.82) is 0 Å². The van der Waals surface area contributed by atoms with Crippen molar-refractivity contribution in [3.8, 4) is 5.75 Å². The number of hydrogen-bond acceptors (Lipinski definition) is 5. The number of sulfonamides is 1. The zero-order valence-corrected chi connectivity index (χ0v) is 16.2. The van der Waals surface area contributed by atoms with Gasteiger partial charge in [0.2, 0.25) is 10.0 Å². The van der Waals surface area contributed by atoms with Crippen molar-refractivity contribution in [2.45, 2.75) is 13.0 Å². The largest absolute Gasteiger partial charge is 0.476 e. The minimum Gasteiger partial charge on any atom is -0.476 e. The van der Waals surface area contributed by atoms with Gasteiger partial charge < -0.3 is 10.1 Å². The standard InChI is InChI=1S/C18H17ClN2O5S/c1-11(22)12-4-3-5-14(8-12)20-18(23)17-10-21(27(2,24)25)15-9-13(19)6-7-16(15)26-17/h3-9,17H,10H2,1-2H3,(H,20,23)/t17-/m0/s1. The van der Waals surface area contributed by atoms with Crippen LogP contribution in [0, 0.1) is 0 Å².